The Bertz CT molecular complexity index is 382. The van der Waals surface area contributed by atoms with Gasteiger partial charge in [-0.3, -0.25) is 4.79 Å². The molecule has 3 nitrogen and oxygen atoms in total. The Labute approximate surface area is 95.5 Å². The molecule has 0 saturated heterocycles. The monoisotopic (exact) mass is 275 g/mol. The van der Waals surface area contributed by atoms with Gasteiger partial charge in [0.05, 0.1) is 13.0 Å². The maximum atomic E-state index is 13.3. The third-order valence-corrected chi connectivity index (χ3v) is 2.49. The van der Waals surface area contributed by atoms with Crippen LogP contribution in [0.5, 0.6) is 0 Å². The van der Waals surface area contributed by atoms with Crippen molar-refractivity contribution in [3.8, 4) is 0 Å². The molecule has 0 radical (unpaired) electrons. The molecule has 5 heteroatoms. The lowest BCUT2D eigenvalue weighted by molar-refractivity contribution is -0.142. The van der Waals surface area contributed by atoms with Gasteiger partial charge in [-0.15, -0.1) is 0 Å². The zero-order valence-corrected chi connectivity index (χ0v) is 9.80. The van der Waals surface area contributed by atoms with Gasteiger partial charge in [-0.1, -0.05) is 0 Å². The summed E-state index contributed by atoms with van der Waals surface area (Å²) in [7, 11) is 0. The molecular formula is C10H11BrFNO2. The molecule has 0 aliphatic heterocycles. The minimum absolute atomic E-state index is 0.0848. The molecule has 1 aromatic carbocycles. The molecule has 0 aliphatic carbocycles. The van der Waals surface area contributed by atoms with Gasteiger partial charge in [0.1, 0.15) is 5.82 Å². The van der Waals surface area contributed by atoms with E-state index in [1.807, 2.05) is 0 Å². The SMILES string of the molecule is CCOC(=O)Cc1cc(Br)c(N)cc1F. The van der Waals surface area contributed by atoms with E-state index >= 15 is 0 Å². The second-order valence-corrected chi connectivity index (χ2v) is 3.80. The van der Waals surface area contributed by atoms with Crippen molar-refractivity contribution in [1.82, 2.24) is 0 Å². The van der Waals surface area contributed by atoms with Crippen LogP contribution in [0.1, 0.15) is 12.5 Å². The molecular weight excluding hydrogens is 265 g/mol. The first-order valence-electron chi connectivity index (χ1n) is 4.43. The molecule has 2 N–H and O–H groups in total. The Kier molecular flexibility index (Phi) is 4.08. The lowest BCUT2D eigenvalue weighted by atomic mass is 10.1. The van der Waals surface area contributed by atoms with Gasteiger partial charge >= 0.3 is 5.97 Å². The number of benzene rings is 1. The van der Waals surface area contributed by atoms with Crippen LogP contribution >= 0.6 is 15.9 Å². The number of hydrogen-bond donors (Lipinski definition) is 1. The lowest BCUT2D eigenvalue weighted by Gasteiger charge is -2.05. The largest absolute Gasteiger partial charge is 0.466 e. The van der Waals surface area contributed by atoms with E-state index < -0.39 is 11.8 Å². The summed E-state index contributed by atoms with van der Waals surface area (Å²) in [6, 6.07) is 2.67. The summed E-state index contributed by atoms with van der Waals surface area (Å²) in [6.07, 6.45) is -0.0848. The third kappa shape index (κ3) is 3.20. The first kappa shape index (κ1) is 12.0. The molecule has 1 rings (SSSR count). The van der Waals surface area contributed by atoms with Crippen LogP contribution in [0, 0.1) is 5.82 Å². The molecule has 1 aromatic rings. The van der Waals surface area contributed by atoms with E-state index in [1.54, 1.807) is 6.92 Å². The molecule has 0 amide bonds. The molecule has 0 spiro atoms. The molecule has 0 unspecified atom stereocenters. The van der Waals surface area contributed by atoms with Gasteiger partial charge in [-0.05, 0) is 35.0 Å². The highest BCUT2D eigenvalue weighted by Gasteiger charge is 2.11. The molecule has 0 bridgehead atoms. The number of anilines is 1. The summed E-state index contributed by atoms with van der Waals surface area (Å²) in [4.78, 5) is 11.1. The van der Waals surface area contributed by atoms with Crippen molar-refractivity contribution < 1.29 is 13.9 Å². The van der Waals surface area contributed by atoms with Crippen molar-refractivity contribution in [1.29, 1.82) is 0 Å². The molecule has 0 aliphatic rings. The maximum absolute atomic E-state index is 13.3. The molecule has 0 aromatic heterocycles. The topological polar surface area (TPSA) is 52.3 Å². The summed E-state index contributed by atoms with van der Waals surface area (Å²) in [5.74, 6) is -0.947. The van der Waals surface area contributed by atoms with Crippen molar-refractivity contribution in [2.45, 2.75) is 13.3 Å². The summed E-state index contributed by atoms with van der Waals surface area (Å²) in [6.45, 7) is 1.99. The predicted molar refractivity (Wildman–Crippen MR) is 58.8 cm³/mol. The Morgan fingerprint density at radius 2 is 2.27 bits per heavy atom. The van der Waals surface area contributed by atoms with E-state index in [2.05, 4.69) is 15.9 Å². The lowest BCUT2D eigenvalue weighted by Crippen LogP contribution is -2.09. The average molecular weight is 276 g/mol. The minimum atomic E-state index is -0.497. The Morgan fingerprint density at radius 3 is 2.87 bits per heavy atom. The first-order valence-corrected chi connectivity index (χ1v) is 5.23. The fourth-order valence-electron chi connectivity index (χ4n) is 1.11. The minimum Gasteiger partial charge on any atom is -0.466 e. The predicted octanol–water partition coefficient (Wildman–Crippen LogP) is 2.28. The van der Waals surface area contributed by atoms with Crippen LogP contribution in [-0.4, -0.2) is 12.6 Å². The number of esters is 1. The van der Waals surface area contributed by atoms with E-state index in [9.17, 15) is 9.18 Å². The molecule has 0 atom stereocenters. The summed E-state index contributed by atoms with van der Waals surface area (Å²) < 4.78 is 18.6. The molecule has 0 heterocycles. The number of carbonyl (C=O) groups is 1. The van der Waals surface area contributed by atoms with Gasteiger partial charge in [0, 0.05) is 15.7 Å². The highest BCUT2D eigenvalue weighted by Crippen LogP contribution is 2.23. The van der Waals surface area contributed by atoms with Crippen LogP contribution in [0.15, 0.2) is 16.6 Å². The standard InChI is InChI=1S/C10H11BrFNO2/c1-2-15-10(14)4-6-3-7(11)9(13)5-8(6)12/h3,5H,2,4,13H2,1H3. The van der Waals surface area contributed by atoms with Crippen LogP contribution in [-0.2, 0) is 16.0 Å². The fraction of sp³-hybridized carbons (Fsp3) is 0.300. The second kappa shape index (κ2) is 5.11. The Balaban J connectivity index is 2.86. The summed E-state index contributed by atoms with van der Waals surface area (Å²) in [5.41, 5.74) is 6.05. The number of nitrogens with two attached hydrogens (primary N) is 1. The zero-order chi connectivity index (χ0) is 11.4. The van der Waals surface area contributed by atoms with Crippen molar-refractivity contribution in [2.24, 2.45) is 0 Å². The van der Waals surface area contributed by atoms with E-state index in [0.29, 0.717) is 10.2 Å². The van der Waals surface area contributed by atoms with Crippen LogP contribution in [0.25, 0.3) is 0 Å². The fourth-order valence-corrected chi connectivity index (χ4v) is 1.50. The molecule has 82 valence electrons. The first-order chi connectivity index (χ1) is 7.04. The van der Waals surface area contributed by atoms with Gasteiger partial charge in [0.25, 0.3) is 0 Å². The Hall–Kier alpha value is -1.10. The average Bonchev–Trinajstić information content (AvgIpc) is 2.14. The van der Waals surface area contributed by atoms with E-state index in [-0.39, 0.29) is 18.6 Å². The molecule has 15 heavy (non-hydrogen) atoms. The summed E-state index contributed by atoms with van der Waals surface area (Å²) in [5, 5.41) is 0. The van der Waals surface area contributed by atoms with E-state index in [4.69, 9.17) is 10.5 Å². The van der Waals surface area contributed by atoms with Crippen molar-refractivity contribution in [3.05, 3.63) is 28.0 Å². The normalized spacial score (nSPS) is 10.1. The van der Waals surface area contributed by atoms with Gasteiger partial charge < -0.3 is 10.5 Å². The highest BCUT2D eigenvalue weighted by molar-refractivity contribution is 9.10. The van der Waals surface area contributed by atoms with Crippen molar-refractivity contribution >= 4 is 27.6 Å². The highest BCUT2D eigenvalue weighted by atomic mass is 79.9. The number of nitrogen functional groups attached to an aromatic ring is 1. The number of rotatable bonds is 3. The number of hydrogen-bond acceptors (Lipinski definition) is 3. The second-order valence-electron chi connectivity index (χ2n) is 2.95. The molecule has 0 saturated carbocycles. The van der Waals surface area contributed by atoms with E-state index in [1.165, 1.54) is 12.1 Å². The van der Waals surface area contributed by atoms with Crippen LogP contribution in [0.3, 0.4) is 0 Å². The van der Waals surface area contributed by atoms with Crippen LogP contribution in [0.2, 0.25) is 0 Å². The number of ether oxygens (including phenoxy) is 1. The number of halogens is 2. The van der Waals surface area contributed by atoms with Gasteiger partial charge in [0.2, 0.25) is 0 Å². The van der Waals surface area contributed by atoms with Crippen LogP contribution in [0.4, 0.5) is 10.1 Å². The van der Waals surface area contributed by atoms with Crippen LogP contribution < -0.4 is 5.73 Å². The van der Waals surface area contributed by atoms with Gasteiger partial charge in [-0.25, -0.2) is 4.39 Å². The van der Waals surface area contributed by atoms with E-state index in [0.717, 1.165) is 0 Å². The van der Waals surface area contributed by atoms with Gasteiger partial charge in [0.15, 0.2) is 0 Å². The summed E-state index contributed by atoms with van der Waals surface area (Å²) >= 11 is 3.17. The molecule has 0 fully saturated rings. The third-order valence-electron chi connectivity index (χ3n) is 1.81. The quantitative estimate of drug-likeness (QED) is 0.680. The van der Waals surface area contributed by atoms with Crippen molar-refractivity contribution in [2.75, 3.05) is 12.3 Å². The zero-order valence-electron chi connectivity index (χ0n) is 8.22. The maximum Gasteiger partial charge on any atom is 0.310 e. The smallest absolute Gasteiger partial charge is 0.310 e. The Morgan fingerprint density at radius 1 is 1.60 bits per heavy atom. The van der Waals surface area contributed by atoms with Crippen molar-refractivity contribution in [3.63, 3.8) is 0 Å². The number of carbonyl (C=O) groups excluding carboxylic acids is 1. The van der Waals surface area contributed by atoms with Gasteiger partial charge in [-0.2, -0.15) is 0 Å².